The highest BCUT2D eigenvalue weighted by Crippen LogP contribution is 2.46. The van der Waals surface area contributed by atoms with Crippen molar-refractivity contribution in [1.82, 2.24) is 29.1 Å². The van der Waals surface area contributed by atoms with Gasteiger partial charge in [-0.25, -0.2) is 19.9 Å². The van der Waals surface area contributed by atoms with Gasteiger partial charge in [0.2, 0.25) is 0 Å². The van der Waals surface area contributed by atoms with Crippen LogP contribution in [0.15, 0.2) is 194 Å². The van der Waals surface area contributed by atoms with E-state index in [9.17, 15) is 0 Å². The molecule has 284 valence electrons. The minimum absolute atomic E-state index is 0.609. The highest BCUT2D eigenvalue weighted by molar-refractivity contribution is 6.35. The zero-order valence-corrected chi connectivity index (χ0v) is 33.2. The number of rotatable bonds is 7. The fraction of sp³-hybridized carbons (Fsp3) is 0.0370. The molecular formula is C54H38N6. The maximum Gasteiger partial charge on any atom is 0.164 e. The van der Waals surface area contributed by atoms with Crippen molar-refractivity contribution in [2.24, 2.45) is 0 Å². The molecule has 0 aliphatic carbocycles. The molecule has 3 heterocycles. The molecule has 11 rings (SSSR count). The predicted octanol–water partition coefficient (Wildman–Crippen LogP) is 13.6. The lowest BCUT2D eigenvalue weighted by atomic mass is 9.96. The molecule has 0 saturated carbocycles. The van der Waals surface area contributed by atoms with E-state index in [0.717, 1.165) is 66.9 Å². The number of nitrogens with zero attached hydrogens (tertiary/aromatic N) is 6. The molecule has 0 atom stereocenters. The lowest BCUT2D eigenvalue weighted by molar-refractivity contribution is 1.03. The van der Waals surface area contributed by atoms with E-state index in [0.29, 0.717) is 17.5 Å². The SMILES string of the molecule is C/C=C\C(=C/C)c1nc(-c2ccccc2)nc(-c2cccc(-n3c4ccc5nc(-c6ccccc6)n(-c6ccccc6)c5c4c4c5ccccc5c5ccccc5c43)c2)n1. The molecule has 6 nitrogen and oxygen atoms in total. The van der Waals surface area contributed by atoms with Gasteiger partial charge < -0.3 is 4.57 Å². The molecule has 6 heteroatoms. The van der Waals surface area contributed by atoms with E-state index in [4.69, 9.17) is 19.9 Å². The molecule has 0 radical (unpaired) electrons. The first-order valence-electron chi connectivity index (χ1n) is 20.3. The van der Waals surface area contributed by atoms with E-state index in [1.54, 1.807) is 0 Å². The molecule has 0 aliphatic heterocycles. The zero-order valence-electron chi connectivity index (χ0n) is 33.2. The molecular weight excluding hydrogens is 733 g/mol. The first-order chi connectivity index (χ1) is 29.7. The van der Waals surface area contributed by atoms with Crippen LogP contribution in [0.3, 0.4) is 0 Å². The minimum atomic E-state index is 0.609. The average Bonchev–Trinajstić information content (AvgIpc) is 3.89. The molecule has 60 heavy (non-hydrogen) atoms. The first-order valence-corrected chi connectivity index (χ1v) is 20.3. The summed E-state index contributed by atoms with van der Waals surface area (Å²) in [6.07, 6.45) is 6.10. The van der Waals surface area contributed by atoms with Crippen LogP contribution < -0.4 is 0 Å². The van der Waals surface area contributed by atoms with Crippen molar-refractivity contribution < 1.29 is 0 Å². The Hall–Kier alpha value is -7.96. The summed E-state index contributed by atoms with van der Waals surface area (Å²) in [5.74, 6) is 2.77. The second kappa shape index (κ2) is 14.5. The molecule has 0 saturated heterocycles. The first kappa shape index (κ1) is 35.2. The van der Waals surface area contributed by atoms with Gasteiger partial charge in [0.05, 0.1) is 22.1 Å². The fourth-order valence-electron chi connectivity index (χ4n) is 8.81. The quantitative estimate of drug-likeness (QED) is 0.120. The van der Waals surface area contributed by atoms with Gasteiger partial charge in [-0.1, -0.05) is 158 Å². The number of allylic oxidation sites excluding steroid dienone is 4. The Morgan fingerprint density at radius 3 is 1.73 bits per heavy atom. The fourth-order valence-corrected chi connectivity index (χ4v) is 8.81. The van der Waals surface area contributed by atoms with Crippen molar-refractivity contribution in [3.63, 3.8) is 0 Å². The second-order valence-corrected chi connectivity index (χ2v) is 14.9. The van der Waals surface area contributed by atoms with Crippen molar-refractivity contribution >= 4 is 60.0 Å². The van der Waals surface area contributed by atoms with Crippen molar-refractivity contribution in [2.75, 3.05) is 0 Å². The number of hydrogen-bond donors (Lipinski definition) is 0. The third-order valence-corrected chi connectivity index (χ3v) is 11.4. The largest absolute Gasteiger partial charge is 0.308 e. The molecule has 0 unspecified atom stereocenters. The molecule has 3 aromatic heterocycles. The molecule has 0 fully saturated rings. The number of fused-ring (bicyclic) bond motifs is 10. The Bertz CT molecular complexity index is 3490. The number of hydrogen-bond acceptors (Lipinski definition) is 4. The van der Waals surface area contributed by atoms with Crippen LogP contribution in [-0.4, -0.2) is 29.1 Å². The van der Waals surface area contributed by atoms with E-state index in [1.807, 2.05) is 62.4 Å². The zero-order chi connectivity index (χ0) is 40.2. The van der Waals surface area contributed by atoms with Crippen LogP contribution in [0.4, 0.5) is 0 Å². The van der Waals surface area contributed by atoms with E-state index >= 15 is 0 Å². The van der Waals surface area contributed by atoms with Gasteiger partial charge in [-0.2, -0.15) is 0 Å². The van der Waals surface area contributed by atoms with Crippen LogP contribution in [0.25, 0.3) is 105 Å². The summed E-state index contributed by atoms with van der Waals surface area (Å²) in [6, 6.07) is 61.9. The van der Waals surface area contributed by atoms with Crippen molar-refractivity contribution in [3.05, 3.63) is 200 Å². The van der Waals surface area contributed by atoms with Gasteiger partial charge in [-0.3, -0.25) is 4.57 Å². The van der Waals surface area contributed by atoms with Crippen LogP contribution >= 0.6 is 0 Å². The van der Waals surface area contributed by atoms with E-state index < -0.39 is 0 Å². The highest BCUT2D eigenvalue weighted by Gasteiger charge is 2.25. The summed E-state index contributed by atoms with van der Waals surface area (Å²) >= 11 is 0. The Labute approximate surface area is 347 Å². The Morgan fingerprint density at radius 2 is 1.03 bits per heavy atom. The molecule has 0 N–H and O–H groups in total. The van der Waals surface area contributed by atoms with Crippen molar-refractivity contribution in [2.45, 2.75) is 13.8 Å². The van der Waals surface area contributed by atoms with Gasteiger partial charge in [0.25, 0.3) is 0 Å². The second-order valence-electron chi connectivity index (χ2n) is 14.9. The lowest BCUT2D eigenvalue weighted by Crippen LogP contribution is -2.03. The van der Waals surface area contributed by atoms with Crippen LogP contribution in [0, 0.1) is 0 Å². The number of benzene rings is 8. The molecule has 0 aliphatic rings. The Balaban J connectivity index is 1.27. The van der Waals surface area contributed by atoms with Crippen LogP contribution in [0.1, 0.15) is 19.7 Å². The summed E-state index contributed by atoms with van der Waals surface area (Å²) in [7, 11) is 0. The lowest BCUT2D eigenvalue weighted by Gasteiger charge is -2.13. The van der Waals surface area contributed by atoms with E-state index in [-0.39, 0.29) is 0 Å². The summed E-state index contributed by atoms with van der Waals surface area (Å²) in [4.78, 5) is 20.6. The van der Waals surface area contributed by atoms with Crippen LogP contribution in [0.2, 0.25) is 0 Å². The molecule has 0 bridgehead atoms. The maximum absolute atomic E-state index is 5.39. The smallest absolute Gasteiger partial charge is 0.164 e. The molecule has 11 aromatic rings. The summed E-state index contributed by atoms with van der Waals surface area (Å²) in [5, 5.41) is 7.12. The Kier molecular flexibility index (Phi) is 8.48. The minimum Gasteiger partial charge on any atom is -0.308 e. The molecule has 0 spiro atoms. The highest BCUT2D eigenvalue weighted by atomic mass is 15.1. The van der Waals surface area contributed by atoms with Crippen molar-refractivity contribution in [3.8, 4) is 45.5 Å². The third kappa shape index (κ3) is 5.64. The van der Waals surface area contributed by atoms with Crippen molar-refractivity contribution in [1.29, 1.82) is 0 Å². The standard InChI is InChI=1S/C54H38N6/c1-3-19-35(4-2)51-56-52(36-20-8-5-9-21-36)58-53(57-51)38-24-18-27-40(34-38)59-46-33-32-45-50(60(39-25-12-7-13-26-39)54(55-45)37-22-10-6-11-23-37)48(46)47-43-30-16-14-28-41(43)42-29-15-17-31-44(42)49(47)59/h3-34H,1-2H3/b19-3-,35-4+. The van der Waals surface area contributed by atoms with Gasteiger partial charge in [0.1, 0.15) is 5.82 Å². The van der Waals surface area contributed by atoms with E-state index in [2.05, 4.69) is 155 Å². The normalized spacial score (nSPS) is 12.2. The van der Waals surface area contributed by atoms with Gasteiger partial charge in [0, 0.05) is 49.8 Å². The number of imidazole rings is 1. The Morgan fingerprint density at radius 1 is 0.450 bits per heavy atom. The summed E-state index contributed by atoms with van der Waals surface area (Å²) in [5.41, 5.74) is 10.1. The number of para-hydroxylation sites is 1. The summed E-state index contributed by atoms with van der Waals surface area (Å²) in [6.45, 7) is 4.02. The average molecular weight is 771 g/mol. The van der Waals surface area contributed by atoms with Crippen LogP contribution in [-0.2, 0) is 0 Å². The number of aromatic nitrogens is 6. The predicted molar refractivity (Wildman–Crippen MR) is 249 cm³/mol. The van der Waals surface area contributed by atoms with E-state index in [1.165, 1.54) is 26.9 Å². The van der Waals surface area contributed by atoms with Gasteiger partial charge >= 0.3 is 0 Å². The summed E-state index contributed by atoms with van der Waals surface area (Å²) < 4.78 is 4.78. The topological polar surface area (TPSA) is 61.4 Å². The van der Waals surface area contributed by atoms with Gasteiger partial charge in [-0.05, 0) is 66.4 Å². The van der Waals surface area contributed by atoms with Gasteiger partial charge in [0.15, 0.2) is 17.5 Å². The maximum atomic E-state index is 5.39. The third-order valence-electron chi connectivity index (χ3n) is 11.4. The van der Waals surface area contributed by atoms with Gasteiger partial charge in [-0.15, -0.1) is 0 Å². The monoisotopic (exact) mass is 770 g/mol. The molecule has 8 aromatic carbocycles. The van der Waals surface area contributed by atoms with Crippen LogP contribution in [0.5, 0.6) is 0 Å². The molecule has 0 amide bonds.